The molecule has 0 saturated carbocycles. The van der Waals surface area contributed by atoms with Gasteiger partial charge in [-0.25, -0.2) is 8.42 Å². The second-order valence-corrected chi connectivity index (χ2v) is 8.20. The minimum absolute atomic E-state index is 0.0102. The number of amides is 1. The van der Waals surface area contributed by atoms with E-state index in [0.717, 1.165) is 12.5 Å². The van der Waals surface area contributed by atoms with E-state index in [1.807, 2.05) is 6.92 Å². The SMILES string of the molecule is CC1CCN(C(=O)c2cc(S(=O)(=O)Cl)cc(Cl)c2Cl)C1. The molecule has 110 valence electrons. The van der Waals surface area contributed by atoms with Gasteiger partial charge in [0.2, 0.25) is 0 Å². The molecule has 1 aliphatic rings. The number of halogens is 3. The Kier molecular flexibility index (Phi) is 4.54. The van der Waals surface area contributed by atoms with E-state index < -0.39 is 9.05 Å². The molecular formula is C12H12Cl3NO3S. The first-order valence-electron chi connectivity index (χ1n) is 5.93. The molecule has 0 aromatic heterocycles. The topological polar surface area (TPSA) is 54.5 Å². The van der Waals surface area contributed by atoms with Crippen molar-refractivity contribution in [1.82, 2.24) is 4.90 Å². The molecule has 1 saturated heterocycles. The van der Waals surface area contributed by atoms with Crippen molar-refractivity contribution in [3.63, 3.8) is 0 Å². The monoisotopic (exact) mass is 355 g/mol. The summed E-state index contributed by atoms with van der Waals surface area (Å²) in [4.78, 5) is 13.8. The van der Waals surface area contributed by atoms with E-state index in [4.69, 9.17) is 33.9 Å². The van der Waals surface area contributed by atoms with Crippen molar-refractivity contribution >= 4 is 48.8 Å². The third kappa shape index (κ3) is 3.22. The van der Waals surface area contributed by atoms with Crippen LogP contribution in [0.15, 0.2) is 17.0 Å². The van der Waals surface area contributed by atoms with Gasteiger partial charge in [-0.3, -0.25) is 4.79 Å². The Bertz CT molecular complexity index is 660. The van der Waals surface area contributed by atoms with Crippen LogP contribution in [0.1, 0.15) is 23.7 Å². The molecule has 1 unspecified atom stereocenters. The second kappa shape index (κ2) is 5.72. The molecule has 0 spiro atoms. The van der Waals surface area contributed by atoms with Gasteiger partial charge in [-0.1, -0.05) is 30.1 Å². The van der Waals surface area contributed by atoms with Crippen LogP contribution in [-0.2, 0) is 9.05 Å². The third-order valence-electron chi connectivity index (χ3n) is 3.22. The Labute approximate surface area is 132 Å². The average molecular weight is 357 g/mol. The Hall–Kier alpha value is -0.490. The molecule has 1 heterocycles. The Balaban J connectivity index is 2.45. The van der Waals surface area contributed by atoms with Crippen molar-refractivity contribution in [3.8, 4) is 0 Å². The number of nitrogens with zero attached hydrogens (tertiary/aromatic N) is 1. The van der Waals surface area contributed by atoms with Crippen LogP contribution in [0.25, 0.3) is 0 Å². The molecule has 1 aromatic carbocycles. The fourth-order valence-electron chi connectivity index (χ4n) is 2.15. The van der Waals surface area contributed by atoms with Gasteiger partial charge in [-0.15, -0.1) is 0 Å². The molecule has 8 heteroatoms. The first kappa shape index (κ1) is 15.9. The van der Waals surface area contributed by atoms with Crippen molar-refractivity contribution in [3.05, 3.63) is 27.7 Å². The summed E-state index contributed by atoms with van der Waals surface area (Å²) in [6, 6.07) is 2.30. The lowest BCUT2D eigenvalue weighted by Gasteiger charge is -2.17. The summed E-state index contributed by atoms with van der Waals surface area (Å²) >= 11 is 11.9. The lowest BCUT2D eigenvalue weighted by Crippen LogP contribution is -2.28. The average Bonchev–Trinajstić information content (AvgIpc) is 2.77. The van der Waals surface area contributed by atoms with Crippen LogP contribution in [0, 0.1) is 5.92 Å². The molecular weight excluding hydrogens is 345 g/mol. The molecule has 0 aliphatic carbocycles. The summed E-state index contributed by atoms with van der Waals surface area (Å²) < 4.78 is 22.8. The van der Waals surface area contributed by atoms with Crippen LogP contribution < -0.4 is 0 Å². The fraction of sp³-hybridized carbons (Fsp3) is 0.417. The molecule has 0 radical (unpaired) electrons. The zero-order valence-corrected chi connectivity index (χ0v) is 13.7. The smallest absolute Gasteiger partial charge is 0.261 e. The van der Waals surface area contributed by atoms with Crippen LogP contribution in [0.2, 0.25) is 10.0 Å². The van der Waals surface area contributed by atoms with Gasteiger partial charge in [-0.2, -0.15) is 0 Å². The highest BCUT2D eigenvalue weighted by atomic mass is 35.7. The summed E-state index contributed by atoms with van der Waals surface area (Å²) in [7, 11) is 1.31. The molecule has 1 aromatic rings. The fourth-order valence-corrected chi connectivity index (χ4v) is 3.41. The van der Waals surface area contributed by atoms with Crippen molar-refractivity contribution < 1.29 is 13.2 Å². The zero-order chi connectivity index (χ0) is 15.1. The number of hydrogen-bond donors (Lipinski definition) is 0. The molecule has 1 aliphatic heterocycles. The zero-order valence-electron chi connectivity index (χ0n) is 10.6. The van der Waals surface area contributed by atoms with E-state index in [1.54, 1.807) is 4.90 Å². The number of likely N-dealkylation sites (tertiary alicyclic amines) is 1. The molecule has 0 N–H and O–H groups in total. The molecule has 1 atom stereocenters. The number of hydrogen-bond acceptors (Lipinski definition) is 3. The van der Waals surface area contributed by atoms with Crippen molar-refractivity contribution in [2.75, 3.05) is 13.1 Å². The third-order valence-corrected chi connectivity index (χ3v) is 5.36. The Morgan fingerprint density at radius 2 is 2.00 bits per heavy atom. The predicted molar refractivity (Wildman–Crippen MR) is 79.2 cm³/mol. The van der Waals surface area contributed by atoms with Crippen LogP contribution in [-0.4, -0.2) is 32.3 Å². The van der Waals surface area contributed by atoms with Crippen molar-refractivity contribution in [2.24, 2.45) is 5.92 Å². The van der Waals surface area contributed by atoms with Crippen LogP contribution in [0.4, 0.5) is 0 Å². The number of benzene rings is 1. The van der Waals surface area contributed by atoms with E-state index in [-0.39, 0.29) is 26.4 Å². The standard InChI is InChI=1S/C12H12Cl3NO3S/c1-7-2-3-16(6-7)12(17)9-4-8(20(15,18)19)5-10(13)11(9)14/h4-5,7H,2-3,6H2,1H3. The van der Waals surface area contributed by atoms with Crippen molar-refractivity contribution in [2.45, 2.75) is 18.2 Å². The quantitative estimate of drug-likeness (QED) is 0.763. The van der Waals surface area contributed by atoms with Gasteiger partial charge < -0.3 is 4.90 Å². The van der Waals surface area contributed by atoms with Gasteiger partial charge in [0.25, 0.3) is 15.0 Å². The van der Waals surface area contributed by atoms with Gasteiger partial charge in [0.15, 0.2) is 0 Å². The maximum atomic E-state index is 12.4. The first-order valence-corrected chi connectivity index (χ1v) is 8.99. The van der Waals surface area contributed by atoms with E-state index >= 15 is 0 Å². The maximum absolute atomic E-state index is 12.4. The van der Waals surface area contributed by atoms with E-state index in [9.17, 15) is 13.2 Å². The van der Waals surface area contributed by atoms with Crippen LogP contribution in [0.3, 0.4) is 0 Å². The molecule has 1 fully saturated rings. The van der Waals surface area contributed by atoms with Gasteiger partial charge in [0.1, 0.15) is 0 Å². The summed E-state index contributed by atoms with van der Waals surface area (Å²) in [6.45, 7) is 3.28. The van der Waals surface area contributed by atoms with Gasteiger partial charge >= 0.3 is 0 Å². The highest BCUT2D eigenvalue weighted by Crippen LogP contribution is 2.32. The Morgan fingerprint density at radius 3 is 2.50 bits per heavy atom. The van der Waals surface area contributed by atoms with Gasteiger partial charge in [0.05, 0.1) is 20.5 Å². The lowest BCUT2D eigenvalue weighted by atomic mass is 10.2. The molecule has 20 heavy (non-hydrogen) atoms. The van der Waals surface area contributed by atoms with E-state index in [2.05, 4.69) is 0 Å². The van der Waals surface area contributed by atoms with Crippen LogP contribution in [0.5, 0.6) is 0 Å². The Morgan fingerprint density at radius 1 is 1.35 bits per heavy atom. The molecule has 4 nitrogen and oxygen atoms in total. The maximum Gasteiger partial charge on any atom is 0.261 e. The second-order valence-electron chi connectivity index (χ2n) is 4.85. The van der Waals surface area contributed by atoms with Crippen molar-refractivity contribution in [1.29, 1.82) is 0 Å². The first-order chi connectivity index (χ1) is 9.20. The molecule has 0 bridgehead atoms. The van der Waals surface area contributed by atoms with E-state index in [1.165, 1.54) is 6.07 Å². The highest BCUT2D eigenvalue weighted by Gasteiger charge is 2.27. The molecule has 1 amide bonds. The molecule has 2 rings (SSSR count). The summed E-state index contributed by atoms with van der Waals surface area (Å²) in [5, 5.41) is 0.0317. The summed E-state index contributed by atoms with van der Waals surface area (Å²) in [6.07, 6.45) is 0.907. The predicted octanol–water partition coefficient (Wildman–Crippen LogP) is 3.40. The number of rotatable bonds is 2. The minimum atomic E-state index is -3.97. The number of carbonyl (C=O) groups excluding carboxylic acids is 1. The van der Waals surface area contributed by atoms with Crippen LogP contribution >= 0.6 is 33.9 Å². The normalized spacial score (nSPS) is 19.4. The van der Waals surface area contributed by atoms with E-state index in [0.29, 0.717) is 19.0 Å². The largest absolute Gasteiger partial charge is 0.338 e. The summed E-state index contributed by atoms with van der Waals surface area (Å²) in [5.41, 5.74) is 0.0625. The van der Waals surface area contributed by atoms with Gasteiger partial charge in [0, 0.05) is 23.8 Å². The number of carbonyl (C=O) groups is 1. The highest BCUT2D eigenvalue weighted by molar-refractivity contribution is 8.13. The van der Waals surface area contributed by atoms with Gasteiger partial charge in [-0.05, 0) is 24.5 Å². The summed E-state index contributed by atoms with van der Waals surface area (Å²) in [5.74, 6) is 0.0801. The minimum Gasteiger partial charge on any atom is -0.338 e. The lowest BCUT2D eigenvalue weighted by molar-refractivity contribution is 0.0788.